The fourth-order valence-electron chi connectivity index (χ4n) is 2.50. The van der Waals surface area contributed by atoms with Gasteiger partial charge >= 0.3 is 0 Å². The minimum absolute atomic E-state index is 0.141. The van der Waals surface area contributed by atoms with Crippen LogP contribution in [-0.2, 0) is 4.74 Å². The summed E-state index contributed by atoms with van der Waals surface area (Å²) in [4.78, 5) is 14.4. The van der Waals surface area contributed by atoms with Crippen LogP contribution in [0, 0.1) is 0 Å². The van der Waals surface area contributed by atoms with E-state index in [1.54, 1.807) is 23.1 Å². The Labute approximate surface area is 133 Å². The zero-order valence-electron chi connectivity index (χ0n) is 12.5. The van der Waals surface area contributed by atoms with Crippen LogP contribution < -0.4 is 0 Å². The highest BCUT2D eigenvalue weighted by Crippen LogP contribution is 2.25. The van der Waals surface area contributed by atoms with Crippen LogP contribution in [0.4, 0.5) is 0 Å². The van der Waals surface area contributed by atoms with Gasteiger partial charge in [0, 0.05) is 23.2 Å². The molecule has 0 bridgehead atoms. The summed E-state index contributed by atoms with van der Waals surface area (Å²) in [5, 5.41) is 4.56. The highest BCUT2D eigenvalue weighted by Gasteiger charge is 2.35. The first kappa shape index (κ1) is 15.1. The standard InChI is InChI=1S/C16H17ClN2O3/c1-16(2)10-21-8-7-19(16)15(20)13-9-14(22-18-13)11-3-5-12(17)6-4-11/h3-6,9H,7-8,10H2,1-2H3. The average molecular weight is 321 g/mol. The van der Waals surface area contributed by atoms with Gasteiger partial charge in [-0.25, -0.2) is 0 Å². The van der Waals surface area contributed by atoms with Crippen molar-refractivity contribution in [1.29, 1.82) is 0 Å². The van der Waals surface area contributed by atoms with E-state index in [1.165, 1.54) is 0 Å². The largest absolute Gasteiger partial charge is 0.377 e. The van der Waals surface area contributed by atoms with Crippen LogP contribution >= 0.6 is 11.6 Å². The molecule has 1 aromatic heterocycles. The molecule has 6 heteroatoms. The lowest BCUT2D eigenvalue weighted by Crippen LogP contribution is -2.55. The molecule has 1 aliphatic heterocycles. The van der Waals surface area contributed by atoms with Gasteiger partial charge in [0.25, 0.3) is 5.91 Å². The molecule has 0 saturated carbocycles. The lowest BCUT2D eigenvalue weighted by atomic mass is 10.0. The van der Waals surface area contributed by atoms with Gasteiger partial charge in [-0.2, -0.15) is 0 Å². The Balaban J connectivity index is 1.84. The Kier molecular flexibility index (Phi) is 3.93. The summed E-state index contributed by atoms with van der Waals surface area (Å²) in [5.41, 5.74) is 0.784. The van der Waals surface area contributed by atoms with Crippen LogP contribution in [0.5, 0.6) is 0 Å². The van der Waals surface area contributed by atoms with Gasteiger partial charge < -0.3 is 14.2 Å². The number of carbonyl (C=O) groups is 1. The number of amides is 1. The van der Waals surface area contributed by atoms with Crippen molar-refractivity contribution in [2.24, 2.45) is 0 Å². The second kappa shape index (κ2) is 5.74. The van der Waals surface area contributed by atoms with Crippen molar-refractivity contribution >= 4 is 17.5 Å². The first-order valence-corrected chi connectivity index (χ1v) is 7.47. The fraction of sp³-hybridized carbons (Fsp3) is 0.375. The summed E-state index contributed by atoms with van der Waals surface area (Å²) in [5.74, 6) is 0.406. The van der Waals surface area contributed by atoms with E-state index in [0.717, 1.165) is 5.56 Å². The maximum Gasteiger partial charge on any atom is 0.276 e. The molecule has 1 aliphatic rings. The summed E-state index contributed by atoms with van der Waals surface area (Å²) in [6.45, 7) is 5.56. The van der Waals surface area contributed by atoms with Gasteiger partial charge in [-0.15, -0.1) is 0 Å². The first-order chi connectivity index (χ1) is 10.5. The summed E-state index contributed by atoms with van der Waals surface area (Å²) < 4.78 is 10.7. The highest BCUT2D eigenvalue weighted by atomic mass is 35.5. The maximum atomic E-state index is 12.6. The molecular formula is C16H17ClN2O3. The summed E-state index contributed by atoms with van der Waals surface area (Å²) in [6.07, 6.45) is 0. The number of aromatic nitrogens is 1. The predicted octanol–water partition coefficient (Wildman–Crippen LogP) is 3.25. The van der Waals surface area contributed by atoms with Gasteiger partial charge in [0.15, 0.2) is 11.5 Å². The molecular weight excluding hydrogens is 304 g/mol. The van der Waals surface area contributed by atoms with Crippen molar-refractivity contribution in [1.82, 2.24) is 10.1 Å². The molecule has 22 heavy (non-hydrogen) atoms. The van der Waals surface area contributed by atoms with E-state index in [4.69, 9.17) is 20.9 Å². The first-order valence-electron chi connectivity index (χ1n) is 7.10. The van der Waals surface area contributed by atoms with Gasteiger partial charge in [-0.1, -0.05) is 16.8 Å². The van der Waals surface area contributed by atoms with E-state index >= 15 is 0 Å². The van der Waals surface area contributed by atoms with Gasteiger partial charge in [0.05, 0.1) is 18.8 Å². The predicted molar refractivity (Wildman–Crippen MR) is 82.9 cm³/mol. The lowest BCUT2D eigenvalue weighted by molar-refractivity contribution is -0.0374. The number of halogens is 1. The number of nitrogens with zero attached hydrogens (tertiary/aromatic N) is 2. The molecule has 0 N–H and O–H groups in total. The van der Waals surface area contributed by atoms with Gasteiger partial charge in [0.2, 0.25) is 0 Å². The third-order valence-corrected chi connectivity index (χ3v) is 4.00. The number of morpholine rings is 1. The molecule has 2 heterocycles. The van der Waals surface area contributed by atoms with E-state index in [-0.39, 0.29) is 11.4 Å². The Morgan fingerprint density at radius 2 is 2.05 bits per heavy atom. The van der Waals surface area contributed by atoms with E-state index in [1.807, 2.05) is 26.0 Å². The van der Waals surface area contributed by atoms with Crippen molar-refractivity contribution in [2.75, 3.05) is 19.8 Å². The quantitative estimate of drug-likeness (QED) is 0.852. The molecule has 1 amide bonds. The number of carbonyl (C=O) groups excluding carboxylic acids is 1. The summed E-state index contributed by atoms with van der Waals surface area (Å²) >= 11 is 5.87. The zero-order valence-corrected chi connectivity index (χ0v) is 13.3. The normalized spacial score (nSPS) is 17.5. The van der Waals surface area contributed by atoms with Crippen molar-refractivity contribution in [3.05, 3.63) is 41.0 Å². The van der Waals surface area contributed by atoms with Crippen LogP contribution in [0.15, 0.2) is 34.9 Å². The van der Waals surface area contributed by atoms with Crippen LogP contribution in [0.3, 0.4) is 0 Å². The second-order valence-electron chi connectivity index (χ2n) is 5.91. The van der Waals surface area contributed by atoms with Crippen molar-refractivity contribution < 1.29 is 14.1 Å². The number of rotatable bonds is 2. The number of benzene rings is 1. The van der Waals surface area contributed by atoms with E-state index in [0.29, 0.717) is 36.2 Å². The highest BCUT2D eigenvalue weighted by molar-refractivity contribution is 6.30. The van der Waals surface area contributed by atoms with Crippen LogP contribution in [0.25, 0.3) is 11.3 Å². The molecule has 0 aliphatic carbocycles. The second-order valence-corrected chi connectivity index (χ2v) is 6.34. The summed E-state index contributed by atoms with van der Waals surface area (Å²) in [6, 6.07) is 8.86. The topological polar surface area (TPSA) is 55.6 Å². The van der Waals surface area contributed by atoms with Crippen LogP contribution in [0.1, 0.15) is 24.3 Å². The molecule has 0 atom stereocenters. The number of ether oxygens (including phenoxy) is 1. The van der Waals surface area contributed by atoms with E-state index in [9.17, 15) is 4.79 Å². The van der Waals surface area contributed by atoms with Gasteiger partial charge in [-0.05, 0) is 38.1 Å². The molecule has 1 aromatic carbocycles. The molecule has 5 nitrogen and oxygen atoms in total. The fourth-order valence-corrected chi connectivity index (χ4v) is 2.63. The Morgan fingerprint density at radius 1 is 1.32 bits per heavy atom. The third kappa shape index (κ3) is 2.87. The average Bonchev–Trinajstić information content (AvgIpc) is 2.97. The Hall–Kier alpha value is -1.85. The molecule has 1 saturated heterocycles. The SMILES string of the molecule is CC1(C)COCCN1C(=O)c1cc(-c2ccc(Cl)cc2)on1. The molecule has 1 fully saturated rings. The van der Waals surface area contributed by atoms with Gasteiger partial charge in [0.1, 0.15) is 0 Å². The van der Waals surface area contributed by atoms with E-state index < -0.39 is 0 Å². The van der Waals surface area contributed by atoms with Crippen LogP contribution in [0.2, 0.25) is 5.02 Å². The van der Waals surface area contributed by atoms with Gasteiger partial charge in [-0.3, -0.25) is 4.79 Å². The summed E-state index contributed by atoms with van der Waals surface area (Å²) in [7, 11) is 0. The monoisotopic (exact) mass is 320 g/mol. The molecule has 0 unspecified atom stereocenters. The third-order valence-electron chi connectivity index (χ3n) is 3.75. The maximum absolute atomic E-state index is 12.6. The van der Waals surface area contributed by atoms with Crippen molar-refractivity contribution in [2.45, 2.75) is 19.4 Å². The van der Waals surface area contributed by atoms with Crippen molar-refractivity contribution in [3.63, 3.8) is 0 Å². The van der Waals surface area contributed by atoms with Crippen molar-refractivity contribution in [3.8, 4) is 11.3 Å². The molecule has 2 aromatic rings. The minimum Gasteiger partial charge on any atom is -0.377 e. The number of hydrogen-bond donors (Lipinski definition) is 0. The minimum atomic E-state index is -0.352. The van der Waals surface area contributed by atoms with Crippen LogP contribution in [-0.4, -0.2) is 41.3 Å². The smallest absolute Gasteiger partial charge is 0.276 e. The molecule has 0 spiro atoms. The molecule has 0 radical (unpaired) electrons. The molecule has 3 rings (SSSR count). The van der Waals surface area contributed by atoms with E-state index in [2.05, 4.69) is 5.16 Å². The number of hydrogen-bond acceptors (Lipinski definition) is 4. The Morgan fingerprint density at radius 3 is 2.73 bits per heavy atom. The zero-order chi connectivity index (χ0) is 15.7. The lowest BCUT2D eigenvalue weighted by Gasteiger charge is -2.41. The Bertz CT molecular complexity index is 679. The molecule has 116 valence electrons.